The number of ether oxygens (including phenoxy) is 1. The molecule has 90 valence electrons. The number of hydrogen-bond donors (Lipinski definition) is 2. The van der Waals surface area contributed by atoms with E-state index in [4.69, 9.17) is 10.5 Å². The van der Waals surface area contributed by atoms with Gasteiger partial charge in [0.1, 0.15) is 5.82 Å². The summed E-state index contributed by atoms with van der Waals surface area (Å²) in [5.74, 6) is 1.09. The highest BCUT2D eigenvalue weighted by Crippen LogP contribution is 2.14. The molecule has 0 radical (unpaired) electrons. The second-order valence-electron chi connectivity index (χ2n) is 3.85. The molecule has 0 amide bonds. The van der Waals surface area contributed by atoms with Gasteiger partial charge < -0.3 is 15.8 Å². The SMILES string of the molecule is CCCC(COC)Nc1nc(N)ncc1C. The average molecular weight is 224 g/mol. The maximum absolute atomic E-state index is 5.56. The summed E-state index contributed by atoms with van der Waals surface area (Å²) in [6.07, 6.45) is 3.86. The topological polar surface area (TPSA) is 73.1 Å². The molecule has 1 rings (SSSR count). The van der Waals surface area contributed by atoms with Crippen LogP contribution in [0.3, 0.4) is 0 Å². The summed E-state index contributed by atoms with van der Waals surface area (Å²) < 4.78 is 5.16. The first-order valence-corrected chi connectivity index (χ1v) is 5.52. The van der Waals surface area contributed by atoms with Crippen molar-refractivity contribution in [2.45, 2.75) is 32.7 Å². The molecule has 1 aromatic rings. The van der Waals surface area contributed by atoms with Crippen molar-refractivity contribution >= 4 is 11.8 Å². The highest BCUT2D eigenvalue weighted by atomic mass is 16.5. The Labute approximate surface area is 96.4 Å². The first-order chi connectivity index (χ1) is 7.67. The molecule has 0 saturated carbocycles. The Hall–Kier alpha value is -1.36. The zero-order valence-electron chi connectivity index (χ0n) is 10.2. The van der Waals surface area contributed by atoms with Crippen LogP contribution in [0.1, 0.15) is 25.3 Å². The van der Waals surface area contributed by atoms with Gasteiger partial charge in [-0.05, 0) is 13.3 Å². The highest BCUT2D eigenvalue weighted by molar-refractivity contribution is 5.45. The summed E-state index contributed by atoms with van der Waals surface area (Å²) >= 11 is 0. The summed E-state index contributed by atoms with van der Waals surface area (Å²) in [4.78, 5) is 8.11. The summed E-state index contributed by atoms with van der Waals surface area (Å²) in [7, 11) is 1.70. The third-order valence-corrected chi connectivity index (χ3v) is 2.34. The molecule has 16 heavy (non-hydrogen) atoms. The largest absolute Gasteiger partial charge is 0.383 e. The van der Waals surface area contributed by atoms with E-state index in [1.54, 1.807) is 13.3 Å². The number of nitrogen functional groups attached to an aromatic ring is 1. The molecule has 5 nitrogen and oxygen atoms in total. The monoisotopic (exact) mass is 224 g/mol. The van der Waals surface area contributed by atoms with Gasteiger partial charge in [0, 0.05) is 18.9 Å². The number of aromatic nitrogens is 2. The van der Waals surface area contributed by atoms with E-state index in [0.29, 0.717) is 12.6 Å². The van der Waals surface area contributed by atoms with Crippen molar-refractivity contribution in [2.75, 3.05) is 24.8 Å². The van der Waals surface area contributed by atoms with Gasteiger partial charge in [0.15, 0.2) is 0 Å². The minimum Gasteiger partial charge on any atom is -0.383 e. The molecule has 0 spiro atoms. The third kappa shape index (κ3) is 3.66. The molecular formula is C11H20N4O. The molecule has 1 aromatic heterocycles. The molecule has 1 unspecified atom stereocenters. The normalized spacial score (nSPS) is 12.4. The van der Waals surface area contributed by atoms with Crippen molar-refractivity contribution in [1.82, 2.24) is 9.97 Å². The van der Waals surface area contributed by atoms with Gasteiger partial charge in [-0.2, -0.15) is 4.98 Å². The van der Waals surface area contributed by atoms with E-state index in [2.05, 4.69) is 22.2 Å². The predicted molar refractivity (Wildman–Crippen MR) is 65.4 cm³/mol. The van der Waals surface area contributed by atoms with Gasteiger partial charge in [-0.25, -0.2) is 4.98 Å². The Balaban J connectivity index is 2.71. The van der Waals surface area contributed by atoms with Gasteiger partial charge >= 0.3 is 0 Å². The van der Waals surface area contributed by atoms with E-state index in [1.807, 2.05) is 6.92 Å². The lowest BCUT2D eigenvalue weighted by Crippen LogP contribution is -2.26. The number of nitrogens with two attached hydrogens (primary N) is 1. The van der Waals surface area contributed by atoms with Crippen LogP contribution in [0.2, 0.25) is 0 Å². The van der Waals surface area contributed by atoms with Crippen LogP contribution >= 0.6 is 0 Å². The van der Waals surface area contributed by atoms with Crippen LogP contribution in [0.25, 0.3) is 0 Å². The lowest BCUT2D eigenvalue weighted by Gasteiger charge is -2.18. The summed E-state index contributed by atoms with van der Waals surface area (Å²) in [5.41, 5.74) is 6.55. The zero-order chi connectivity index (χ0) is 12.0. The van der Waals surface area contributed by atoms with Crippen LogP contribution in [0.5, 0.6) is 0 Å². The molecule has 5 heteroatoms. The van der Waals surface area contributed by atoms with Crippen molar-refractivity contribution in [2.24, 2.45) is 0 Å². The molecule has 0 saturated heterocycles. The van der Waals surface area contributed by atoms with Crippen LogP contribution in [-0.4, -0.2) is 29.7 Å². The van der Waals surface area contributed by atoms with Gasteiger partial charge in [-0.15, -0.1) is 0 Å². The molecule has 0 bridgehead atoms. The molecular weight excluding hydrogens is 204 g/mol. The molecule has 0 aromatic carbocycles. The fourth-order valence-electron chi connectivity index (χ4n) is 1.54. The van der Waals surface area contributed by atoms with Crippen LogP contribution in [-0.2, 0) is 4.74 Å². The zero-order valence-corrected chi connectivity index (χ0v) is 10.2. The lowest BCUT2D eigenvalue weighted by molar-refractivity contribution is 0.182. The van der Waals surface area contributed by atoms with Crippen LogP contribution in [0.15, 0.2) is 6.20 Å². The minimum atomic E-state index is 0.267. The van der Waals surface area contributed by atoms with Gasteiger partial charge in [-0.3, -0.25) is 0 Å². The Bertz CT molecular complexity index is 324. The Morgan fingerprint density at radius 3 is 2.94 bits per heavy atom. The second-order valence-corrected chi connectivity index (χ2v) is 3.85. The number of nitrogens with zero attached hydrogens (tertiary/aromatic N) is 2. The Kier molecular flexibility index (Phi) is 4.98. The Morgan fingerprint density at radius 2 is 2.31 bits per heavy atom. The molecule has 0 aliphatic heterocycles. The van der Waals surface area contributed by atoms with Gasteiger partial charge in [-0.1, -0.05) is 13.3 Å². The maximum atomic E-state index is 5.56. The highest BCUT2D eigenvalue weighted by Gasteiger charge is 2.10. The number of methoxy groups -OCH3 is 1. The third-order valence-electron chi connectivity index (χ3n) is 2.34. The smallest absolute Gasteiger partial charge is 0.221 e. The van der Waals surface area contributed by atoms with E-state index < -0.39 is 0 Å². The molecule has 0 aliphatic rings. The maximum Gasteiger partial charge on any atom is 0.221 e. The first kappa shape index (κ1) is 12.7. The molecule has 0 fully saturated rings. The molecule has 0 aliphatic carbocycles. The van der Waals surface area contributed by atoms with Crippen LogP contribution in [0.4, 0.5) is 11.8 Å². The van der Waals surface area contributed by atoms with Gasteiger partial charge in [0.05, 0.1) is 12.6 Å². The predicted octanol–water partition coefficient (Wildman–Crippen LogP) is 1.59. The summed E-state index contributed by atoms with van der Waals surface area (Å²) in [5, 5.41) is 3.33. The number of nitrogens with one attached hydrogen (secondary N) is 1. The Morgan fingerprint density at radius 1 is 1.56 bits per heavy atom. The molecule has 1 atom stereocenters. The van der Waals surface area contributed by atoms with Crippen molar-refractivity contribution in [3.05, 3.63) is 11.8 Å². The van der Waals surface area contributed by atoms with Crippen molar-refractivity contribution in [3.8, 4) is 0 Å². The molecule has 1 heterocycles. The second kappa shape index (κ2) is 6.27. The van der Waals surface area contributed by atoms with Crippen molar-refractivity contribution < 1.29 is 4.74 Å². The van der Waals surface area contributed by atoms with Crippen molar-refractivity contribution in [1.29, 1.82) is 0 Å². The van der Waals surface area contributed by atoms with E-state index in [-0.39, 0.29) is 6.04 Å². The number of anilines is 2. The van der Waals surface area contributed by atoms with E-state index >= 15 is 0 Å². The standard InChI is InChI=1S/C11H20N4O/c1-4-5-9(7-16-3)14-10-8(2)6-13-11(12)15-10/h6,9H,4-5,7H2,1-3H3,(H3,12,13,14,15). The van der Waals surface area contributed by atoms with Gasteiger partial charge in [0.2, 0.25) is 5.95 Å². The van der Waals surface area contributed by atoms with E-state index in [0.717, 1.165) is 24.2 Å². The number of rotatable bonds is 6. The van der Waals surface area contributed by atoms with Crippen LogP contribution in [0, 0.1) is 6.92 Å². The van der Waals surface area contributed by atoms with E-state index in [1.165, 1.54) is 0 Å². The fraction of sp³-hybridized carbons (Fsp3) is 0.636. The van der Waals surface area contributed by atoms with Crippen molar-refractivity contribution in [3.63, 3.8) is 0 Å². The lowest BCUT2D eigenvalue weighted by atomic mass is 10.2. The number of hydrogen-bond acceptors (Lipinski definition) is 5. The summed E-state index contributed by atoms with van der Waals surface area (Å²) in [6, 6.07) is 0.267. The minimum absolute atomic E-state index is 0.267. The van der Waals surface area contributed by atoms with Gasteiger partial charge in [0.25, 0.3) is 0 Å². The first-order valence-electron chi connectivity index (χ1n) is 5.52. The van der Waals surface area contributed by atoms with E-state index in [9.17, 15) is 0 Å². The fourth-order valence-corrected chi connectivity index (χ4v) is 1.54. The average Bonchev–Trinajstić information content (AvgIpc) is 2.24. The summed E-state index contributed by atoms with van der Waals surface area (Å²) in [6.45, 7) is 4.76. The number of aryl methyl sites for hydroxylation is 1. The van der Waals surface area contributed by atoms with Crippen LogP contribution < -0.4 is 11.1 Å². The molecule has 3 N–H and O–H groups in total. The quantitative estimate of drug-likeness (QED) is 0.767.